The van der Waals surface area contributed by atoms with Gasteiger partial charge in [0.15, 0.2) is 11.6 Å². The van der Waals surface area contributed by atoms with E-state index in [-0.39, 0.29) is 0 Å². The van der Waals surface area contributed by atoms with Gasteiger partial charge in [-0.3, -0.25) is 5.41 Å². The van der Waals surface area contributed by atoms with Crippen LogP contribution in [0.1, 0.15) is 11.1 Å². The fourth-order valence-corrected chi connectivity index (χ4v) is 0.882. The molecule has 0 fully saturated rings. The summed E-state index contributed by atoms with van der Waals surface area (Å²) in [5.41, 5.74) is 3.94. The van der Waals surface area contributed by atoms with E-state index in [1.165, 1.54) is 0 Å². The number of nitrogens with one attached hydrogen (secondary N) is 1. The first-order valence-electron chi connectivity index (χ1n) is 3.43. The summed E-state index contributed by atoms with van der Waals surface area (Å²) in [4.78, 5) is 0. The fraction of sp³-hybridized carbons (Fsp3) is 0.125. The second-order valence-electron chi connectivity index (χ2n) is 2.57. The standard InChI is InChI=1S/C8H7F3N2/c1-3-5(9)2-4(8(12)13)7(11)6(3)10/h2H,1H3,(H3,12,13). The number of nitrogen functional groups attached to an aromatic ring is 1. The summed E-state index contributed by atoms with van der Waals surface area (Å²) in [5.74, 6) is -4.20. The molecule has 70 valence electrons. The summed E-state index contributed by atoms with van der Waals surface area (Å²) in [7, 11) is 0. The largest absolute Gasteiger partial charge is 0.384 e. The Morgan fingerprint density at radius 2 is 1.85 bits per heavy atom. The van der Waals surface area contributed by atoms with E-state index in [4.69, 9.17) is 11.1 Å². The van der Waals surface area contributed by atoms with Crippen LogP contribution in [-0.2, 0) is 0 Å². The summed E-state index contributed by atoms with van der Waals surface area (Å²) in [5, 5.41) is 6.84. The van der Waals surface area contributed by atoms with Crippen LogP contribution in [-0.4, -0.2) is 5.84 Å². The average molecular weight is 188 g/mol. The zero-order valence-corrected chi connectivity index (χ0v) is 6.79. The highest BCUT2D eigenvalue weighted by molar-refractivity contribution is 5.95. The quantitative estimate of drug-likeness (QED) is 0.393. The molecule has 0 saturated heterocycles. The van der Waals surface area contributed by atoms with Crippen molar-refractivity contribution in [1.82, 2.24) is 0 Å². The molecule has 0 amide bonds. The molecule has 0 aliphatic rings. The molecule has 1 aromatic rings. The average Bonchev–Trinajstić information content (AvgIpc) is 2.07. The van der Waals surface area contributed by atoms with E-state index in [2.05, 4.69) is 0 Å². The van der Waals surface area contributed by atoms with E-state index in [9.17, 15) is 13.2 Å². The fourth-order valence-electron chi connectivity index (χ4n) is 0.882. The van der Waals surface area contributed by atoms with Crippen molar-refractivity contribution in [3.05, 3.63) is 34.6 Å². The van der Waals surface area contributed by atoms with Crippen LogP contribution >= 0.6 is 0 Å². The van der Waals surface area contributed by atoms with E-state index < -0.39 is 34.4 Å². The minimum absolute atomic E-state index is 0.414. The molecule has 1 rings (SSSR count). The minimum Gasteiger partial charge on any atom is -0.384 e. The Labute approximate surface area is 72.7 Å². The Morgan fingerprint density at radius 1 is 1.31 bits per heavy atom. The molecule has 5 heteroatoms. The molecule has 0 radical (unpaired) electrons. The smallest absolute Gasteiger partial charge is 0.170 e. The van der Waals surface area contributed by atoms with Crippen molar-refractivity contribution < 1.29 is 13.2 Å². The van der Waals surface area contributed by atoms with Gasteiger partial charge in [0, 0.05) is 5.56 Å². The number of hydrogen-bond acceptors (Lipinski definition) is 1. The molecule has 0 aliphatic carbocycles. The van der Waals surface area contributed by atoms with Gasteiger partial charge in [0.05, 0.1) is 5.56 Å². The topological polar surface area (TPSA) is 49.9 Å². The molecule has 0 bridgehead atoms. The molecule has 0 saturated carbocycles. The molecule has 2 nitrogen and oxygen atoms in total. The number of nitrogens with two attached hydrogens (primary N) is 1. The van der Waals surface area contributed by atoms with Crippen LogP contribution in [0.15, 0.2) is 6.07 Å². The van der Waals surface area contributed by atoms with Gasteiger partial charge < -0.3 is 5.73 Å². The first-order chi connectivity index (χ1) is 5.95. The zero-order valence-electron chi connectivity index (χ0n) is 6.79. The summed E-state index contributed by atoms with van der Waals surface area (Å²) < 4.78 is 38.6. The summed E-state index contributed by atoms with van der Waals surface area (Å²) in [6, 6.07) is 0.704. The number of hydrogen-bond donors (Lipinski definition) is 2. The van der Waals surface area contributed by atoms with Crippen molar-refractivity contribution in [2.45, 2.75) is 6.92 Å². The molecule has 0 aliphatic heterocycles. The number of halogens is 3. The Balaban J connectivity index is 3.50. The zero-order chi connectivity index (χ0) is 10.2. The van der Waals surface area contributed by atoms with Crippen LogP contribution in [0.4, 0.5) is 13.2 Å². The Bertz CT molecular complexity index is 374. The first-order valence-corrected chi connectivity index (χ1v) is 3.43. The SMILES string of the molecule is Cc1c(F)cc(C(=N)N)c(F)c1F. The third-order valence-electron chi connectivity index (χ3n) is 1.68. The number of amidine groups is 1. The van der Waals surface area contributed by atoms with Gasteiger partial charge in [-0.2, -0.15) is 0 Å². The highest BCUT2D eigenvalue weighted by atomic mass is 19.2. The molecular formula is C8H7F3N2. The first kappa shape index (κ1) is 9.57. The number of rotatable bonds is 1. The molecule has 0 heterocycles. The molecule has 13 heavy (non-hydrogen) atoms. The van der Waals surface area contributed by atoms with Crippen molar-refractivity contribution >= 4 is 5.84 Å². The molecule has 1 aromatic carbocycles. The Morgan fingerprint density at radius 3 is 2.31 bits per heavy atom. The van der Waals surface area contributed by atoms with Crippen LogP contribution in [0.5, 0.6) is 0 Å². The molecule has 0 aromatic heterocycles. The summed E-state index contributed by atoms with van der Waals surface area (Å²) in [6.07, 6.45) is 0. The lowest BCUT2D eigenvalue weighted by Crippen LogP contribution is -2.15. The van der Waals surface area contributed by atoms with Crippen molar-refractivity contribution in [2.24, 2.45) is 5.73 Å². The molecular weight excluding hydrogens is 181 g/mol. The van der Waals surface area contributed by atoms with Crippen molar-refractivity contribution in [1.29, 1.82) is 5.41 Å². The maximum atomic E-state index is 12.9. The lowest BCUT2D eigenvalue weighted by Gasteiger charge is -2.05. The second-order valence-corrected chi connectivity index (χ2v) is 2.57. The maximum absolute atomic E-state index is 12.9. The third kappa shape index (κ3) is 1.49. The minimum atomic E-state index is -1.30. The van der Waals surface area contributed by atoms with Gasteiger partial charge in [0.2, 0.25) is 0 Å². The Hall–Kier alpha value is -1.52. The lowest BCUT2D eigenvalue weighted by molar-refractivity contribution is 0.484. The predicted octanol–water partition coefficient (Wildman–Crippen LogP) is 1.70. The summed E-state index contributed by atoms with van der Waals surface area (Å²) in [6.45, 7) is 1.11. The van der Waals surface area contributed by atoms with E-state index in [0.717, 1.165) is 6.92 Å². The lowest BCUT2D eigenvalue weighted by atomic mass is 10.1. The predicted molar refractivity (Wildman–Crippen MR) is 42.1 cm³/mol. The van der Waals surface area contributed by atoms with Gasteiger partial charge in [0.1, 0.15) is 11.7 Å². The highest BCUT2D eigenvalue weighted by Crippen LogP contribution is 2.18. The summed E-state index contributed by atoms with van der Waals surface area (Å²) >= 11 is 0. The van der Waals surface area contributed by atoms with Crippen molar-refractivity contribution in [3.8, 4) is 0 Å². The van der Waals surface area contributed by atoms with Gasteiger partial charge in [-0.25, -0.2) is 13.2 Å². The van der Waals surface area contributed by atoms with Gasteiger partial charge >= 0.3 is 0 Å². The van der Waals surface area contributed by atoms with E-state index >= 15 is 0 Å². The monoisotopic (exact) mass is 188 g/mol. The van der Waals surface area contributed by atoms with E-state index in [0.29, 0.717) is 6.07 Å². The third-order valence-corrected chi connectivity index (χ3v) is 1.68. The van der Waals surface area contributed by atoms with Gasteiger partial charge in [-0.05, 0) is 13.0 Å². The normalized spacial score (nSPS) is 10.2. The number of benzene rings is 1. The van der Waals surface area contributed by atoms with E-state index in [1.807, 2.05) is 0 Å². The molecule has 0 unspecified atom stereocenters. The van der Waals surface area contributed by atoms with Crippen molar-refractivity contribution in [2.75, 3.05) is 0 Å². The van der Waals surface area contributed by atoms with Crippen LogP contribution in [0.2, 0.25) is 0 Å². The van der Waals surface area contributed by atoms with Crippen LogP contribution in [0, 0.1) is 29.8 Å². The van der Waals surface area contributed by atoms with Gasteiger partial charge in [0.25, 0.3) is 0 Å². The van der Waals surface area contributed by atoms with E-state index in [1.54, 1.807) is 0 Å². The van der Waals surface area contributed by atoms with Crippen LogP contribution in [0.3, 0.4) is 0 Å². The maximum Gasteiger partial charge on any atom is 0.170 e. The second kappa shape index (κ2) is 3.08. The molecule has 0 atom stereocenters. The Kier molecular flexibility index (Phi) is 2.27. The van der Waals surface area contributed by atoms with Crippen LogP contribution < -0.4 is 5.73 Å². The van der Waals surface area contributed by atoms with Crippen molar-refractivity contribution in [3.63, 3.8) is 0 Å². The van der Waals surface area contributed by atoms with Gasteiger partial charge in [-0.1, -0.05) is 0 Å². The van der Waals surface area contributed by atoms with Gasteiger partial charge in [-0.15, -0.1) is 0 Å². The molecule has 0 spiro atoms. The van der Waals surface area contributed by atoms with Crippen LogP contribution in [0.25, 0.3) is 0 Å². The highest BCUT2D eigenvalue weighted by Gasteiger charge is 2.16. The molecule has 3 N–H and O–H groups in total.